The van der Waals surface area contributed by atoms with Crippen LogP contribution in [0.3, 0.4) is 0 Å². The molecular formula is C16H14N4O3S2. The smallest absolute Gasteiger partial charge is 0.306 e. The number of sulfonamides is 1. The zero-order valence-electron chi connectivity index (χ0n) is 13.4. The maximum absolute atomic E-state index is 12.6. The molecule has 0 fully saturated rings. The van der Waals surface area contributed by atoms with Crippen LogP contribution in [-0.2, 0) is 10.0 Å². The molecule has 0 aliphatic carbocycles. The Labute approximate surface area is 146 Å². The molecule has 2 aromatic heterocycles. The van der Waals surface area contributed by atoms with E-state index in [1.807, 2.05) is 26.0 Å². The predicted octanol–water partition coefficient (Wildman–Crippen LogP) is 2.88. The molecule has 0 saturated carbocycles. The molecule has 0 radical (unpaired) electrons. The van der Waals surface area contributed by atoms with Crippen LogP contribution in [0.2, 0.25) is 0 Å². The Morgan fingerprint density at radius 3 is 2.64 bits per heavy atom. The highest BCUT2D eigenvalue weighted by atomic mass is 32.2. The molecule has 0 bridgehead atoms. The molecule has 2 heterocycles. The summed E-state index contributed by atoms with van der Waals surface area (Å²) in [5.74, 6) is 0. The average Bonchev–Trinajstić information content (AvgIpc) is 3.07. The van der Waals surface area contributed by atoms with E-state index in [-0.39, 0.29) is 10.6 Å². The van der Waals surface area contributed by atoms with Gasteiger partial charge in [-0.3, -0.25) is 4.72 Å². The van der Waals surface area contributed by atoms with Crippen LogP contribution in [0.4, 0.5) is 5.13 Å². The monoisotopic (exact) mass is 374 g/mol. The molecule has 0 amide bonds. The molecule has 128 valence electrons. The summed E-state index contributed by atoms with van der Waals surface area (Å²) >= 11 is 1.29. The van der Waals surface area contributed by atoms with Crippen LogP contribution in [0.25, 0.3) is 21.3 Å². The van der Waals surface area contributed by atoms with Crippen molar-refractivity contribution in [1.82, 2.24) is 15.0 Å². The standard InChI is InChI=1S/C16H14N4O3S2/c1-8-5-9(2)14-13(6-8)24-16(19-14)20-25(22,23)10-3-4-11-12(7-10)18-15(21)17-11/h3-7H,1-2H3,(H,19,20)(H2,17,18,21). The highest BCUT2D eigenvalue weighted by Crippen LogP contribution is 2.30. The Kier molecular flexibility index (Phi) is 3.44. The Morgan fingerprint density at radius 1 is 1.08 bits per heavy atom. The van der Waals surface area contributed by atoms with Gasteiger partial charge in [0.15, 0.2) is 5.13 Å². The minimum absolute atomic E-state index is 0.0578. The molecular weight excluding hydrogens is 360 g/mol. The lowest BCUT2D eigenvalue weighted by molar-refractivity contribution is 0.601. The third-order valence-electron chi connectivity index (χ3n) is 3.85. The van der Waals surface area contributed by atoms with Gasteiger partial charge in [-0.1, -0.05) is 17.4 Å². The molecule has 0 atom stereocenters. The molecule has 4 aromatic rings. The average molecular weight is 374 g/mol. The van der Waals surface area contributed by atoms with Gasteiger partial charge in [-0.25, -0.2) is 18.2 Å². The second-order valence-corrected chi connectivity index (χ2v) is 8.55. The lowest BCUT2D eigenvalue weighted by Gasteiger charge is -2.04. The number of nitrogens with one attached hydrogen (secondary N) is 3. The zero-order valence-corrected chi connectivity index (χ0v) is 15.0. The summed E-state index contributed by atoms with van der Waals surface area (Å²) in [6.07, 6.45) is 0. The van der Waals surface area contributed by atoms with Crippen molar-refractivity contribution >= 4 is 47.7 Å². The Morgan fingerprint density at radius 2 is 1.84 bits per heavy atom. The van der Waals surface area contributed by atoms with Crippen molar-refractivity contribution in [2.75, 3.05) is 4.72 Å². The van der Waals surface area contributed by atoms with Crippen molar-refractivity contribution in [3.05, 3.63) is 51.9 Å². The summed E-state index contributed by atoms with van der Waals surface area (Å²) in [6, 6.07) is 8.40. The summed E-state index contributed by atoms with van der Waals surface area (Å²) in [4.78, 5) is 20.9. The molecule has 0 spiro atoms. The number of thiazole rings is 1. The quantitative estimate of drug-likeness (QED) is 0.512. The summed E-state index contributed by atoms with van der Waals surface area (Å²) in [6.45, 7) is 3.94. The first-order chi connectivity index (χ1) is 11.8. The van der Waals surface area contributed by atoms with E-state index in [0.717, 1.165) is 21.3 Å². The highest BCUT2D eigenvalue weighted by molar-refractivity contribution is 7.93. The highest BCUT2D eigenvalue weighted by Gasteiger charge is 2.18. The van der Waals surface area contributed by atoms with Crippen LogP contribution in [0, 0.1) is 13.8 Å². The first-order valence-electron chi connectivity index (χ1n) is 7.44. The second kappa shape index (κ2) is 5.43. The SMILES string of the molecule is Cc1cc(C)c2nc(NS(=O)(=O)c3ccc4[nH]c(=O)[nH]c4c3)sc2c1. The van der Waals surface area contributed by atoms with Gasteiger partial charge in [-0.2, -0.15) is 0 Å². The van der Waals surface area contributed by atoms with Crippen LogP contribution in [0.1, 0.15) is 11.1 Å². The van der Waals surface area contributed by atoms with Gasteiger partial charge in [-0.05, 0) is 49.2 Å². The van der Waals surface area contributed by atoms with Gasteiger partial charge in [0.2, 0.25) is 0 Å². The zero-order chi connectivity index (χ0) is 17.8. The molecule has 4 rings (SSSR count). The molecule has 0 aliphatic heterocycles. The number of aromatic nitrogens is 3. The third kappa shape index (κ3) is 2.81. The summed E-state index contributed by atoms with van der Waals surface area (Å²) in [7, 11) is -3.80. The first kappa shape index (κ1) is 15.9. The van der Waals surface area contributed by atoms with E-state index in [1.165, 1.54) is 23.5 Å². The van der Waals surface area contributed by atoms with Gasteiger partial charge >= 0.3 is 5.69 Å². The summed E-state index contributed by atoms with van der Waals surface area (Å²) in [5, 5.41) is 0.311. The van der Waals surface area contributed by atoms with E-state index in [4.69, 9.17) is 0 Å². The van der Waals surface area contributed by atoms with Crippen molar-refractivity contribution < 1.29 is 8.42 Å². The number of aryl methyl sites for hydroxylation is 2. The van der Waals surface area contributed by atoms with Gasteiger partial charge in [0.1, 0.15) is 0 Å². The predicted molar refractivity (Wildman–Crippen MR) is 98.8 cm³/mol. The molecule has 2 aromatic carbocycles. The van der Waals surface area contributed by atoms with Gasteiger partial charge < -0.3 is 9.97 Å². The first-order valence-corrected chi connectivity index (χ1v) is 9.74. The number of benzene rings is 2. The van der Waals surface area contributed by atoms with E-state index in [9.17, 15) is 13.2 Å². The number of nitrogens with zero attached hydrogens (tertiary/aromatic N) is 1. The minimum atomic E-state index is -3.80. The van der Waals surface area contributed by atoms with Gasteiger partial charge in [-0.15, -0.1) is 0 Å². The van der Waals surface area contributed by atoms with Crippen LogP contribution >= 0.6 is 11.3 Å². The number of hydrogen-bond donors (Lipinski definition) is 3. The molecule has 0 unspecified atom stereocenters. The number of hydrogen-bond acceptors (Lipinski definition) is 5. The lowest BCUT2D eigenvalue weighted by atomic mass is 10.1. The van der Waals surface area contributed by atoms with Gasteiger partial charge in [0.05, 0.1) is 26.1 Å². The van der Waals surface area contributed by atoms with E-state index >= 15 is 0 Å². The largest absolute Gasteiger partial charge is 0.323 e. The van der Waals surface area contributed by atoms with Crippen LogP contribution in [-0.4, -0.2) is 23.4 Å². The van der Waals surface area contributed by atoms with Crippen molar-refractivity contribution in [3.63, 3.8) is 0 Å². The maximum Gasteiger partial charge on any atom is 0.323 e. The molecule has 0 aliphatic rings. The summed E-state index contributed by atoms with van der Waals surface area (Å²) < 4.78 is 28.7. The second-order valence-electron chi connectivity index (χ2n) is 5.84. The summed E-state index contributed by atoms with van der Waals surface area (Å²) in [5.41, 5.74) is 3.50. The molecule has 3 N–H and O–H groups in total. The topological polar surface area (TPSA) is 108 Å². The lowest BCUT2D eigenvalue weighted by Crippen LogP contribution is -2.12. The van der Waals surface area contributed by atoms with Crippen molar-refractivity contribution in [2.45, 2.75) is 18.7 Å². The molecule has 25 heavy (non-hydrogen) atoms. The van der Waals surface area contributed by atoms with Gasteiger partial charge in [0.25, 0.3) is 10.0 Å². The van der Waals surface area contributed by atoms with E-state index in [0.29, 0.717) is 16.2 Å². The fraction of sp³-hybridized carbons (Fsp3) is 0.125. The fourth-order valence-electron chi connectivity index (χ4n) is 2.77. The molecule has 7 nitrogen and oxygen atoms in total. The van der Waals surface area contributed by atoms with Crippen LogP contribution < -0.4 is 10.4 Å². The molecule has 0 saturated heterocycles. The Bertz CT molecular complexity index is 1280. The van der Waals surface area contributed by atoms with Crippen LogP contribution in [0.5, 0.6) is 0 Å². The van der Waals surface area contributed by atoms with E-state index in [2.05, 4.69) is 19.7 Å². The number of imidazole rings is 1. The minimum Gasteiger partial charge on any atom is -0.306 e. The number of fused-ring (bicyclic) bond motifs is 2. The fourth-order valence-corrected chi connectivity index (χ4v) is 5.07. The molecule has 9 heteroatoms. The van der Waals surface area contributed by atoms with E-state index in [1.54, 1.807) is 6.07 Å². The van der Waals surface area contributed by atoms with Crippen molar-refractivity contribution in [2.24, 2.45) is 0 Å². The van der Waals surface area contributed by atoms with Crippen LogP contribution in [0.15, 0.2) is 40.0 Å². The number of aromatic amines is 2. The maximum atomic E-state index is 12.6. The number of H-pyrrole nitrogens is 2. The van der Waals surface area contributed by atoms with Crippen molar-refractivity contribution in [1.29, 1.82) is 0 Å². The van der Waals surface area contributed by atoms with E-state index < -0.39 is 10.0 Å². The third-order valence-corrected chi connectivity index (χ3v) is 6.23. The Hall–Kier alpha value is -2.65. The number of anilines is 1. The van der Waals surface area contributed by atoms with Gasteiger partial charge in [0, 0.05) is 0 Å². The Balaban J connectivity index is 1.75. The number of rotatable bonds is 3. The normalized spacial score (nSPS) is 12.1. The van der Waals surface area contributed by atoms with Crippen molar-refractivity contribution in [3.8, 4) is 0 Å².